The number of benzene rings is 2. The minimum absolute atomic E-state index is 0.00108. The van der Waals surface area contributed by atoms with Crippen molar-refractivity contribution in [3.8, 4) is 11.5 Å². The minimum Gasteiger partial charge on any atom is -0.496 e. The van der Waals surface area contributed by atoms with E-state index in [-0.39, 0.29) is 10.3 Å². The summed E-state index contributed by atoms with van der Waals surface area (Å²) in [5, 5.41) is 0. The van der Waals surface area contributed by atoms with Gasteiger partial charge in [0.25, 0.3) is 0 Å². The van der Waals surface area contributed by atoms with Crippen molar-refractivity contribution < 1.29 is 17.3 Å². The first-order chi connectivity index (χ1) is 11.0. The smallest absolute Gasteiger partial charge is 0.339 e. The van der Waals surface area contributed by atoms with Crippen molar-refractivity contribution in [3.05, 3.63) is 53.1 Å². The molecule has 2 aromatic carbocycles. The van der Waals surface area contributed by atoms with Crippen LogP contribution >= 0.6 is 0 Å². The molecule has 2 aromatic rings. The van der Waals surface area contributed by atoms with E-state index in [2.05, 4.69) is 20.8 Å². The van der Waals surface area contributed by atoms with Gasteiger partial charge in [-0.05, 0) is 60.2 Å². The second-order valence-electron chi connectivity index (χ2n) is 6.90. The summed E-state index contributed by atoms with van der Waals surface area (Å²) in [6, 6.07) is 10.4. The number of hydrogen-bond acceptors (Lipinski definition) is 4. The van der Waals surface area contributed by atoms with Gasteiger partial charge in [0, 0.05) is 0 Å². The van der Waals surface area contributed by atoms with E-state index in [1.165, 1.54) is 0 Å². The molecule has 130 valence electrons. The third kappa shape index (κ3) is 3.90. The summed E-state index contributed by atoms with van der Waals surface area (Å²) in [6.45, 7) is 9.83. The fourth-order valence-corrected chi connectivity index (χ4v) is 3.66. The second kappa shape index (κ2) is 6.48. The van der Waals surface area contributed by atoms with Gasteiger partial charge in [-0.15, -0.1) is 0 Å². The van der Waals surface area contributed by atoms with Crippen LogP contribution in [0.25, 0.3) is 0 Å². The molecule has 0 aromatic heterocycles. The number of rotatable bonds is 4. The van der Waals surface area contributed by atoms with Gasteiger partial charge in [0.1, 0.15) is 16.4 Å². The maximum Gasteiger partial charge on any atom is 0.339 e. The lowest BCUT2D eigenvalue weighted by atomic mass is 9.87. The normalized spacial score (nSPS) is 12.1. The van der Waals surface area contributed by atoms with Crippen LogP contribution in [0.3, 0.4) is 0 Å². The Morgan fingerprint density at radius 2 is 1.50 bits per heavy atom. The number of hydrogen-bond donors (Lipinski definition) is 0. The van der Waals surface area contributed by atoms with Gasteiger partial charge in [0.05, 0.1) is 7.11 Å². The molecule has 0 aliphatic heterocycles. The highest BCUT2D eigenvalue weighted by atomic mass is 32.2. The Balaban J connectivity index is 2.34. The molecule has 0 atom stereocenters. The van der Waals surface area contributed by atoms with Crippen LogP contribution < -0.4 is 8.92 Å². The zero-order chi connectivity index (χ0) is 18.1. The molecule has 0 spiro atoms. The van der Waals surface area contributed by atoms with Gasteiger partial charge in [0.15, 0.2) is 0 Å². The average Bonchev–Trinajstić information content (AvgIpc) is 2.48. The molecule has 0 radical (unpaired) electrons. The first kappa shape index (κ1) is 18.3. The van der Waals surface area contributed by atoms with Crippen molar-refractivity contribution in [2.24, 2.45) is 0 Å². The Hall–Kier alpha value is -2.01. The van der Waals surface area contributed by atoms with Crippen molar-refractivity contribution in [1.29, 1.82) is 0 Å². The third-order valence-electron chi connectivity index (χ3n) is 3.89. The van der Waals surface area contributed by atoms with Gasteiger partial charge in [-0.3, -0.25) is 0 Å². The minimum atomic E-state index is -3.90. The zero-order valence-electron chi connectivity index (χ0n) is 15.0. The topological polar surface area (TPSA) is 52.6 Å². The van der Waals surface area contributed by atoms with E-state index in [4.69, 9.17) is 8.92 Å². The quantitative estimate of drug-likeness (QED) is 0.770. The van der Waals surface area contributed by atoms with Crippen LogP contribution in [0.2, 0.25) is 0 Å². The molecule has 0 saturated carbocycles. The predicted molar refractivity (Wildman–Crippen MR) is 95.4 cm³/mol. The van der Waals surface area contributed by atoms with Gasteiger partial charge in [-0.25, -0.2) is 0 Å². The van der Waals surface area contributed by atoms with Crippen molar-refractivity contribution in [2.45, 2.75) is 44.9 Å². The van der Waals surface area contributed by atoms with Crippen molar-refractivity contribution in [2.75, 3.05) is 7.11 Å². The standard InChI is InChI=1S/C19H24O4S/c1-13-12-18(14(2)11-17(13)22-6)24(20,21)23-16-9-7-15(8-10-16)19(3,4)5/h7-12H,1-6H3. The maximum absolute atomic E-state index is 12.6. The molecule has 0 bridgehead atoms. The number of ether oxygens (including phenoxy) is 1. The van der Waals surface area contributed by atoms with Crippen LogP contribution in [0.5, 0.6) is 11.5 Å². The number of aryl methyl sites for hydroxylation is 2. The van der Waals surface area contributed by atoms with Crippen molar-refractivity contribution in [3.63, 3.8) is 0 Å². The maximum atomic E-state index is 12.6. The fourth-order valence-electron chi connectivity index (χ4n) is 2.43. The van der Waals surface area contributed by atoms with Gasteiger partial charge in [-0.2, -0.15) is 8.42 Å². The molecule has 4 nitrogen and oxygen atoms in total. The molecule has 0 aliphatic rings. The van der Waals surface area contributed by atoms with Gasteiger partial charge in [0.2, 0.25) is 0 Å². The Morgan fingerprint density at radius 1 is 0.917 bits per heavy atom. The van der Waals surface area contributed by atoms with Crippen LogP contribution in [-0.2, 0) is 15.5 Å². The summed E-state index contributed by atoms with van der Waals surface area (Å²) < 4.78 is 35.7. The summed E-state index contributed by atoms with van der Waals surface area (Å²) in [5.74, 6) is 0.955. The predicted octanol–water partition coefficient (Wildman–Crippen LogP) is 4.38. The highest BCUT2D eigenvalue weighted by Gasteiger charge is 2.21. The van der Waals surface area contributed by atoms with E-state index < -0.39 is 10.1 Å². The molecule has 0 amide bonds. The molecule has 0 fully saturated rings. The molecular formula is C19H24O4S. The molecule has 0 N–H and O–H groups in total. The summed E-state index contributed by atoms with van der Waals surface area (Å²) in [5.41, 5.74) is 2.45. The molecule has 24 heavy (non-hydrogen) atoms. The Labute approximate surface area is 144 Å². The zero-order valence-corrected chi connectivity index (χ0v) is 15.8. The van der Waals surface area contributed by atoms with E-state index in [1.54, 1.807) is 45.2 Å². The van der Waals surface area contributed by atoms with Gasteiger partial charge < -0.3 is 8.92 Å². The van der Waals surface area contributed by atoms with Crippen LogP contribution in [-0.4, -0.2) is 15.5 Å². The fraction of sp³-hybridized carbons (Fsp3) is 0.368. The second-order valence-corrected chi connectivity index (χ2v) is 8.41. The monoisotopic (exact) mass is 348 g/mol. The first-order valence-electron chi connectivity index (χ1n) is 7.75. The average molecular weight is 348 g/mol. The van der Waals surface area contributed by atoms with E-state index in [0.717, 1.165) is 11.1 Å². The van der Waals surface area contributed by atoms with Crippen LogP contribution in [0.1, 0.15) is 37.5 Å². The van der Waals surface area contributed by atoms with Crippen LogP contribution in [0.15, 0.2) is 41.3 Å². The summed E-state index contributed by atoms with van der Waals surface area (Å²) in [7, 11) is -2.34. The molecule has 5 heteroatoms. The van der Waals surface area contributed by atoms with E-state index in [1.807, 2.05) is 12.1 Å². The summed E-state index contributed by atoms with van der Waals surface area (Å²) in [4.78, 5) is 0.153. The van der Waals surface area contributed by atoms with E-state index >= 15 is 0 Å². The highest BCUT2D eigenvalue weighted by molar-refractivity contribution is 7.87. The molecule has 2 rings (SSSR count). The SMILES string of the molecule is COc1cc(C)c(S(=O)(=O)Oc2ccc(C(C)(C)C)cc2)cc1C. The molecule has 0 unspecified atom stereocenters. The van der Waals surface area contributed by atoms with Crippen LogP contribution in [0.4, 0.5) is 0 Å². The van der Waals surface area contributed by atoms with E-state index in [0.29, 0.717) is 17.1 Å². The highest BCUT2D eigenvalue weighted by Crippen LogP contribution is 2.29. The largest absolute Gasteiger partial charge is 0.496 e. The lowest BCUT2D eigenvalue weighted by molar-refractivity contribution is 0.410. The number of methoxy groups -OCH3 is 1. The molecular weight excluding hydrogens is 324 g/mol. The van der Waals surface area contributed by atoms with Gasteiger partial charge in [-0.1, -0.05) is 32.9 Å². The van der Waals surface area contributed by atoms with Crippen LogP contribution in [0, 0.1) is 13.8 Å². The molecule has 0 heterocycles. The first-order valence-corrected chi connectivity index (χ1v) is 9.15. The lowest BCUT2D eigenvalue weighted by Gasteiger charge is -2.19. The van der Waals surface area contributed by atoms with Crippen molar-refractivity contribution >= 4 is 10.1 Å². The van der Waals surface area contributed by atoms with E-state index in [9.17, 15) is 8.42 Å². The van der Waals surface area contributed by atoms with Crippen molar-refractivity contribution in [1.82, 2.24) is 0 Å². The Bertz CT molecular complexity index is 829. The molecule has 0 saturated heterocycles. The summed E-state index contributed by atoms with van der Waals surface area (Å²) in [6.07, 6.45) is 0. The van der Waals surface area contributed by atoms with Gasteiger partial charge >= 0.3 is 10.1 Å². The Kier molecular flexibility index (Phi) is 4.95. The third-order valence-corrected chi connectivity index (χ3v) is 5.28. The molecule has 0 aliphatic carbocycles. The summed E-state index contributed by atoms with van der Waals surface area (Å²) >= 11 is 0. The lowest BCUT2D eigenvalue weighted by Crippen LogP contribution is -2.13. The Morgan fingerprint density at radius 3 is 2.00 bits per heavy atom.